The van der Waals surface area contributed by atoms with Gasteiger partial charge in [0.05, 0.1) is 42.0 Å². The van der Waals surface area contributed by atoms with Gasteiger partial charge in [-0.15, -0.1) is 0 Å². The molecule has 10 heteroatoms. The molecule has 7 nitrogen and oxygen atoms in total. The van der Waals surface area contributed by atoms with Crippen LogP contribution in [0.15, 0.2) is 72.8 Å². The number of carbonyl (C=O) groups excluding carboxylic acids is 1. The predicted octanol–water partition coefficient (Wildman–Crippen LogP) is 6.73. The van der Waals surface area contributed by atoms with Crippen molar-refractivity contribution in [2.45, 2.75) is 32.1 Å². The third-order valence-corrected chi connectivity index (χ3v) is 7.93. The van der Waals surface area contributed by atoms with E-state index in [1.807, 2.05) is 28.8 Å². The molecule has 214 valence electrons. The summed E-state index contributed by atoms with van der Waals surface area (Å²) in [5, 5.41) is 0. The molecular formula is C32H26F2IN3O4. The minimum atomic E-state index is -0.605. The summed E-state index contributed by atoms with van der Waals surface area (Å²) in [6.07, 6.45) is 0.913. The molecule has 1 aliphatic heterocycles. The molecule has 0 spiro atoms. The Kier molecular flexibility index (Phi) is 8.16. The Hall–Kier alpha value is -3.90. The lowest BCUT2D eigenvalue weighted by atomic mass is 10.0. The Balaban J connectivity index is 1.27. The van der Waals surface area contributed by atoms with Crippen LogP contribution in [-0.4, -0.2) is 40.3 Å². The average Bonchev–Trinajstić information content (AvgIpc) is 3.31. The van der Waals surface area contributed by atoms with Crippen molar-refractivity contribution in [1.29, 1.82) is 0 Å². The third kappa shape index (κ3) is 6.00. The molecule has 3 aromatic carbocycles. The smallest absolute Gasteiger partial charge is 0.337 e. The Morgan fingerprint density at radius 1 is 1.05 bits per heavy atom. The summed E-state index contributed by atoms with van der Waals surface area (Å²) >= 11 is 2.23. The van der Waals surface area contributed by atoms with Gasteiger partial charge in [-0.25, -0.2) is 23.5 Å². The van der Waals surface area contributed by atoms with Crippen LogP contribution in [0, 0.1) is 15.2 Å². The number of aromatic nitrogens is 3. The van der Waals surface area contributed by atoms with Crippen LogP contribution in [0.25, 0.3) is 22.3 Å². The second kappa shape index (κ2) is 12.1. The number of rotatable bonds is 9. The lowest BCUT2D eigenvalue weighted by Crippen LogP contribution is -2.31. The SMILES string of the molecule is COC(=O)c1ccc2nc(Cc3cc(F)c(-c4cccc(OCc5ccc(I)cc5)n4)cc3F)n(C[C@@H]3CCO3)c2c1. The van der Waals surface area contributed by atoms with Crippen molar-refractivity contribution in [2.75, 3.05) is 13.7 Å². The second-order valence-corrected chi connectivity index (χ2v) is 11.2. The van der Waals surface area contributed by atoms with Gasteiger partial charge in [0.25, 0.3) is 0 Å². The van der Waals surface area contributed by atoms with Crippen molar-refractivity contribution in [3.8, 4) is 17.1 Å². The molecule has 0 N–H and O–H groups in total. The normalized spacial score (nSPS) is 14.5. The summed E-state index contributed by atoms with van der Waals surface area (Å²) < 4.78 is 50.3. The topological polar surface area (TPSA) is 75.5 Å². The van der Waals surface area contributed by atoms with Gasteiger partial charge < -0.3 is 18.8 Å². The summed E-state index contributed by atoms with van der Waals surface area (Å²) in [5.41, 5.74) is 3.15. The van der Waals surface area contributed by atoms with Gasteiger partial charge in [0.2, 0.25) is 5.88 Å². The molecule has 1 fully saturated rings. The van der Waals surface area contributed by atoms with Gasteiger partial charge in [-0.05, 0) is 88.7 Å². The van der Waals surface area contributed by atoms with E-state index in [0.29, 0.717) is 48.1 Å². The molecule has 0 bridgehead atoms. The van der Waals surface area contributed by atoms with Gasteiger partial charge in [-0.3, -0.25) is 0 Å². The van der Waals surface area contributed by atoms with Crippen molar-refractivity contribution in [3.63, 3.8) is 0 Å². The Bertz CT molecular complexity index is 1770. The maximum absolute atomic E-state index is 15.5. The van der Waals surface area contributed by atoms with E-state index >= 15 is 8.78 Å². The number of halogens is 3. The molecule has 0 unspecified atom stereocenters. The zero-order chi connectivity index (χ0) is 29.2. The zero-order valence-corrected chi connectivity index (χ0v) is 24.8. The van der Waals surface area contributed by atoms with E-state index < -0.39 is 17.6 Å². The quantitative estimate of drug-likeness (QED) is 0.127. The monoisotopic (exact) mass is 681 g/mol. The van der Waals surface area contributed by atoms with Crippen LogP contribution >= 0.6 is 22.6 Å². The summed E-state index contributed by atoms with van der Waals surface area (Å²) in [7, 11) is 1.32. The van der Waals surface area contributed by atoms with Crippen LogP contribution in [-0.2, 0) is 29.0 Å². The molecule has 1 saturated heterocycles. The fourth-order valence-electron chi connectivity index (χ4n) is 4.86. The van der Waals surface area contributed by atoms with Crippen molar-refractivity contribution < 1.29 is 27.8 Å². The Morgan fingerprint density at radius 3 is 2.60 bits per heavy atom. The number of hydrogen-bond donors (Lipinski definition) is 0. The van der Waals surface area contributed by atoms with Crippen LogP contribution in [0.3, 0.4) is 0 Å². The minimum Gasteiger partial charge on any atom is -0.473 e. The lowest BCUT2D eigenvalue weighted by Gasteiger charge is -2.27. The number of esters is 1. The largest absolute Gasteiger partial charge is 0.473 e. The number of carbonyl (C=O) groups is 1. The van der Waals surface area contributed by atoms with Crippen molar-refractivity contribution in [3.05, 3.63) is 111 Å². The Labute approximate surface area is 254 Å². The number of imidazole rings is 1. The first-order valence-corrected chi connectivity index (χ1v) is 14.5. The van der Waals surface area contributed by atoms with Gasteiger partial charge in [-0.2, -0.15) is 0 Å². The van der Waals surface area contributed by atoms with Gasteiger partial charge in [0, 0.05) is 28.2 Å². The van der Waals surface area contributed by atoms with Crippen LogP contribution in [0.2, 0.25) is 0 Å². The number of methoxy groups -OCH3 is 1. The standard InChI is InChI=1S/C32H26F2IN3O4/c1-40-32(39)20-7-10-28-29(14-20)38(17-23-11-12-41-23)30(36-28)15-21-13-26(34)24(16-25(21)33)27-3-2-4-31(37-27)42-18-19-5-8-22(35)9-6-19/h2-10,13-14,16,23H,11-12,15,17-18H2,1H3/t23-/m0/s1. The first kappa shape index (κ1) is 28.2. The highest BCUT2D eigenvalue weighted by Crippen LogP contribution is 2.29. The van der Waals surface area contributed by atoms with E-state index in [9.17, 15) is 4.79 Å². The third-order valence-electron chi connectivity index (χ3n) is 7.21. The minimum absolute atomic E-state index is 0.0156. The van der Waals surface area contributed by atoms with E-state index in [4.69, 9.17) is 19.2 Å². The van der Waals surface area contributed by atoms with Gasteiger partial charge in [-0.1, -0.05) is 18.2 Å². The number of pyridine rings is 1. The number of ether oxygens (including phenoxy) is 3. The fraction of sp³-hybridized carbons (Fsp3) is 0.219. The van der Waals surface area contributed by atoms with Crippen LogP contribution in [0.5, 0.6) is 5.88 Å². The molecule has 0 saturated carbocycles. The van der Waals surface area contributed by atoms with E-state index in [2.05, 4.69) is 27.6 Å². The van der Waals surface area contributed by atoms with E-state index in [0.717, 1.165) is 21.6 Å². The molecule has 1 aliphatic rings. The maximum atomic E-state index is 15.5. The molecule has 6 rings (SSSR count). The summed E-state index contributed by atoms with van der Waals surface area (Å²) in [6, 6.07) is 20.3. The molecule has 0 aliphatic carbocycles. The zero-order valence-electron chi connectivity index (χ0n) is 22.6. The molecule has 5 aromatic rings. The van der Waals surface area contributed by atoms with Gasteiger partial charge in [0.15, 0.2) is 0 Å². The van der Waals surface area contributed by atoms with Gasteiger partial charge >= 0.3 is 5.97 Å². The molecule has 3 heterocycles. The lowest BCUT2D eigenvalue weighted by molar-refractivity contribution is -0.0589. The molecular weight excluding hydrogens is 655 g/mol. The fourth-order valence-corrected chi connectivity index (χ4v) is 5.22. The molecule has 1 atom stereocenters. The molecule has 0 radical (unpaired) electrons. The summed E-state index contributed by atoms with van der Waals surface area (Å²) in [5.74, 6) is -0.794. The molecule has 0 amide bonds. The average molecular weight is 681 g/mol. The van der Waals surface area contributed by atoms with E-state index in [1.165, 1.54) is 13.2 Å². The summed E-state index contributed by atoms with van der Waals surface area (Å²) in [4.78, 5) is 21.2. The van der Waals surface area contributed by atoms with Crippen LogP contribution in [0.4, 0.5) is 8.78 Å². The van der Waals surface area contributed by atoms with Crippen molar-refractivity contribution in [2.24, 2.45) is 0 Å². The predicted molar refractivity (Wildman–Crippen MR) is 161 cm³/mol. The highest BCUT2D eigenvalue weighted by Gasteiger charge is 2.24. The maximum Gasteiger partial charge on any atom is 0.337 e. The number of fused-ring (bicyclic) bond motifs is 1. The second-order valence-electron chi connectivity index (χ2n) is 9.99. The first-order chi connectivity index (χ1) is 20.4. The van der Waals surface area contributed by atoms with E-state index in [1.54, 1.807) is 36.4 Å². The Morgan fingerprint density at radius 2 is 1.86 bits per heavy atom. The van der Waals surface area contributed by atoms with Crippen molar-refractivity contribution in [1.82, 2.24) is 14.5 Å². The first-order valence-electron chi connectivity index (χ1n) is 13.4. The number of benzene rings is 3. The van der Waals surface area contributed by atoms with E-state index in [-0.39, 0.29) is 29.3 Å². The highest BCUT2D eigenvalue weighted by atomic mass is 127. The molecule has 2 aromatic heterocycles. The van der Waals surface area contributed by atoms with Gasteiger partial charge in [0.1, 0.15) is 24.1 Å². The van der Waals surface area contributed by atoms with Crippen molar-refractivity contribution >= 4 is 39.6 Å². The summed E-state index contributed by atoms with van der Waals surface area (Å²) in [6.45, 7) is 1.46. The van der Waals surface area contributed by atoms with Crippen LogP contribution < -0.4 is 4.74 Å². The molecule has 42 heavy (non-hydrogen) atoms. The number of hydrogen-bond acceptors (Lipinski definition) is 6. The highest BCUT2D eigenvalue weighted by molar-refractivity contribution is 14.1. The number of nitrogens with zero attached hydrogens (tertiary/aromatic N) is 3. The van der Waals surface area contributed by atoms with Crippen LogP contribution in [0.1, 0.15) is 33.7 Å².